The van der Waals surface area contributed by atoms with Crippen molar-refractivity contribution >= 4 is 11.6 Å². The van der Waals surface area contributed by atoms with Crippen molar-refractivity contribution in [2.45, 2.75) is 39.2 Å². The highest BCUT2D eigenvalue weighted by atomic mass is 16.1. The molecule has 112 valence electrons. The van der Waals surface area contributed by atoms with Gasteiger partial charge in [0.2, 0.25) is 5.91 Å². The average Bonchev–Trinajstić information content (AvgIpc) is 2.39. The fourth-order valence-corrected chi connectivity index (χ4v) is 2.29. The molecule has 0 saturated heterocycles. The Morgan fingerprint density at radius 2 is 1.95 bits per heavy atom. The van der Waals surface area contributed by atoms with E-state index in [2.05, 4.69) is 48.5 Å². The lowest BCUT2D eigenvalue weighted by Gasteiger charge is -2.28. The van der Waals surface area contributed by atoms with Gasteiger partial charge in [0, 0.05) is 19.3 Å². The van der Waals surface area contributed by atoms with Crippen molar-refractivity contribution in [3.63, 3.8) is 0 Å². The van der Waals surface area contributed by atoms with E-state index >= 15 is 0 Å². The lowest BCUT2D eigenvalue weighted by molar-refractivity contribution is -0.124. The molecule has 0 heterocycles. The molecule has 1 rings (SSSR count). The van der Waals surface area contributed by atoms with E-state index in [1.807, 2.05) is 13.8 Å². The highest BCUT2D eigenvalue weighted by Crippen LogP contribution is 2.16. The topological polar surface area (TPSA) is 58.4 Å². The maximum absolute atomic E-state index is 11.5. The Labute approximate surface area is 122 Å². The van der Waals surface area contributed by atoms with Gasteiger partial charge in [-0.25, -0.2) is 0 Å². The van der Waals surface area contributed by atoms with Crippen LogP contribution < -0.4 is 16.0 Å². The van der Waals surface area contributed by atoms with E-state index in [1.165, 1.54) is 11.3 Å². The summed E-state index contributed by atoms with van der Waals surface area (Å²) in [5.74, 6) is -0.280. The highest BCUT2D eigenvalue weighted by Gasteiger charge is 2.29. The third kappa shape index (κ3) is 4.53. The van der Waals surface area contributed by atoms with Gasteiger partial charge in [0.25, 0.3) is 0 Å². The van der Waals surface area contributed by atoms with Gasteiger partial charge in [0.05, 0.1) is 5.54 Å². The molecule has 0 radical (unpaired) electrons. The highest BCUT2D eigenvalue weighted by molar-refractivity contribution is 5.84. The summed E-state index contributed by atoms with van der Waals surface area (Å²) in [6.45, 7) is 7.59. The van der Waals surface area contributed by atoms with Crippen LogP contribution in [0.15, 0.2) is 24.3 Å². The molecular weight excluding hydrogens is 250 g/mol. The standard InChI is InChI=1S/C16H27N3O/c1-5-18-16(3,15(17)20)11-6-12-19(4)14-9-7-13(2)8-10-14/h7-10,18H,5-6,11-12H2,1-4H3,(H2,17,20). The molecule has 0 spiro atoms. The molecule has 4 heteroatoms. The van der Waals surface area contributed by atoms with Gasteiger partial charge < -0.3 is 16.0 Å². The smallest absolute Gasteiger partial charge is 0.237 e. The maximum atomic E-state index is 11.5. The third-order valence-corrected chi connectivity index (χ3v) is 3.76. The minimum absolute atomic E-state index is 0.280. The Morgan fingerprint density at radius 1 is 1.35 bits per heavy atom. The van der Waals surface area contributed by atoms with Crippen LogP contribution >= 0.6 is 0 Å². The lowest BCUT2D eigenvalue weighted by atomic mass is 9.94. The fourth-order valence-electron chi connectivity index (χ4n) is 2.29. The zero-order valence-electron chi connectivity index (χ0n) is 13.1. The van der Waals surface area contributed by atoms with Gasteiger partial charge in [-0.1, -0.05) is 24.6 Å². The molecule has 20 heavy (non-hydrogen) atoms. The fraction of sp³-hybridized carbons (Fsp3) is 0.562. The number of anilines is 1. The van der Waals surface area contributed by atoms with Crippen LogP contribution in [0.1, 0.15) is 32.3 Å². The zero-order valence-corrected chi connectivity index (χ0v) is 13.1. The Hall–Kier alpha value is -1.55. The SMILES string of the molecule is CCNC(C)(CCCN(C)c1ccc(C)cc1)C(N)=O. The molecule has 1 aromatic carbocycles. The van der Waals surface area contributed by atoms with Gasteiger partial charge >= 0.3 is 0 Å². The molecule has 0 aromatic heterocycles. The van der Waals surface area contributed by atoms with Crippen LogP contribution in [0.3, 0.4) is 0 Å². The predicted octanol–water partition coefficient (Wildman–Crippen LogP) is 2.06. The number of carbonyl (C=O) groups is 1. The number of carbonyl (C=O) groups excluding carboxylic acids is 1. The van der Waals surface area contributed by atoms with E-state index in [9.17, 15) is 4.79 Å². The Balaban J connectivity index is 2.50. The van der Waals surface area contributed by atoms with Gasteiger partial charge in [-0.3, -0.25) is 4.79 Å². The summed E-state index contributed by atoms with van der Waals surface area (Å²) in [7, 11) is 2.07. The Kier molecular flexibility index (Phi) is 6.02. The van der Waals surface area contributed by atoms with E-state index in [0.717, 1.165) is 25.9 Å². The molecule has 0 bridgehead atoms. The van der Waals surface area contributed by atoms with Crippen LogP contribution in [0.5, 0.6) is 0 Å². The first-order valence-electron chi connectivity index (χ1n) is 7.22. The van der Waals surface area contributed by atoms with Gasteiger partial charge in [0.1, 0.15) is 0 Å². The van der Waals surface area contributed by atoms with E-state index in [4.69, 9.17) is 5.73 Å². The second-order valence-electron chi connectivity index (χ2n) is 5.59. The van der Waals surface area contributed by atoms with Gasteiger partial charge in [-0.05, 0) is 45.4 Å². The molecule has 4 nitrogen and oxygen atoms in total. The number of nitrogens with two attached hydrogens (primary N) is 1. The number of hydrogen-bond acceptors (Lipinski definition) is 3. The largest absolute Gasteiger partial charge is 0.375 e. The van der Waals surface area contributed by atoms with E-state index < -0.39 is 5.54 Å². The molecule has 0 saturated carbocycles. The third-order valence-electron chi connectivity index (χ3n) is 3.76. The molecule has 1 atom stereocenters. The second kappa shape index (κ2) is 7.29. The van der Waals surface area contributed by atoms with Gasteiger partial charge in [-0.2, -0.15) is 0 Å². The quantitative estimate of drug-likeness (QED) is 0.765. The molecular formula is C16H27N3O. The van der Waals surface area contributed by atoms with Crippen molar-refractivity contribution in [2.24, 2.45) is 5.73 Å². The number of rotatable bonds is 8. The van der Waals surface area contributed by atoms with Crippen LogP contribution in [-0.2, 0) is 4.79 Å². The van der Waals surface area contributed by atoms with Crippen molar-refractivity contribution in [1.29, 1.82) is 0 Å². The summed E-state index contributed by atoms with van der Waals surface area (Å²) in [6.07, 6.45) is 1.66. The number of aryl methyl sites for hydroxylation is 1. The van der Waals surface area contributed by atoms with Crippen molar-refractivity contribution in [2.75, 3.05) is 25.0 Å². The summed E-state index contributed by atoms with van der Waals surface area (Å²) in [6, 6.07) is 8.45. The lowest BCUT2D eigenvalue weighted by Crippen LogP contribution is -2.53. The van der Waals surface area contributed by atoms with Crippen LogP contribution in [0.25, 0.3) is 0 Å². The van der Waals surface area contributed by atoms with Crippen molar-refractivity contribution in [3.8, 4) is 0 Å². The molecule has 0 aliphatic carbocycles. The second-order valence-corrected chi connectivity index (χ2v) is 5.59. The molecule has 1 unspecified atom stereocenters. The maximum Gasteiger partial charge on any atom is 0.237 e. The predicted molar refractivity (Wildman–Crippen MR) is 85.0 cm³/mol. The van der Waals surface area contributed by atoms with Crippen molar-refractivity contribution in [3.05, 3.63) is 29.8 Å². The van der Waals surface area contributed by atoms with Crippen LogP contribution in [0, 0.1) is 6.92 Å². The summed E-state index contributed by atoms with van der Waals surface area (Å²) in [4.78, 5) is 13.7. The zero-order chi connectivity index (χ0) is 15.2. The number of nitrogens with zero attached hydrogens (tertiary/aromatic N) is 1. The molecule has 1 aromatic rings. The number of hydrogen-bond donors (Lipinski definition) is 2. The Bertz CT molecular complexity index is 430. The van der Waals surface area contributed by atoms with E-state index in [1.54, 1.807) is 0 Å². The summed E-state index contributed by atoms with van der Waals surface area (Å²) in [5.41, 5.74) is 7.33. The number of likely N-dealkylation sites (N-methyl/N-ethyl adjacent to an activating group) is 1. The monoisotopic (exact) mass is 277 g/mol. The molecule has 0 aliphatic rings. The molecule has 3 N–H and O–H groups in total. The minimum Gasteiger partial charge on any atom is -0.375 e. The van der Waals surface area contributed by atoms with Crippen LogP contribution in [-0.4, -0.2) is 31.6 Å². The molecule has 0 aliphatic heterocycles. The first kappa shape index (κ1) is 16.5. The molecule has 1 amide bonds. The van der Waals surface area contributed by atoms with Gasteiger partial charge in [0.15, 0.2) is 0 Å². The summed E-state index contributed by atoms with van der Waals surface area (Å²) < 4.78 is 0. The average molecular weight is 277 g/mol. The summed E-state index contributed by atoms with van der Waals surface area (Å²) >= 11 is 0. The number of amides is 1. The van der Waals surface area contributed by atoms with Crippen LogP contribution in [0.4, 0.5) is 5.69 Å². The van der Waals surface area contributed by atoms with E-state index in [-0.39, 0.29) is 5.91 Å². The molecule has 0 fully saturated rings. The van der Waals surface area contributed by atoms with Crippen molar-refractivity contribution in [1.82, 2.24) is 5.32 Å². The first-order chi connectivity index (χ1) is 9.39. The number of primary amides is 1. The summed E-state index contributed by atoms with van der Waals surface area (Å²) in [5, 5.41) is 3.19. The normalized spacial score (nSPS) is 13.8. The van der Waals surface area contributed by atoms with E-state index in [0.29, 0.717) is 0 Å². The minimum atomic E-state index is -0.608. The number of nitrogens with one attached hydrogen (secondary N) is 1. The first-order valence-corrected chi connectivity index (χ1v) is 7.22. The number of benzene rings is 1. The van der Waals surface area contributed by atoms with Crippen LogP contribution in [0.2, 0.25) is 0 Å². The van der Waals surface area contributed by atoms with Crippen molar-refractivity contribution < 1.29 is 4.79 Å². The Morgan fingerprint density at radius 3 is 2.45 bits per heavy atom. The van der Waals surface area contributed by atoms with Gasteiger partial charge in [-0.15, -0.1) is 0 Å².